The van der Waals surface area contributed by atoms with E-state index in [0.29, 0.717) is 6.42 Å². The summed E-state index contributed by atoms with van der Waals surface area (Å²) in [6, 6.07) is 0.125. The van der Waals surface area contributed by atoms with Crippen LogP contribution in [-0.4, -0.2) is 17.7 Å². The van der Waals surface area contributed by atoms with Crippen LogP contribution in [0, 0.1) is 5.41 Å². The first kappa shape index (κ1) is 10.1. The van der Waals surface area contributed by atoms with Crippen molar-refractivity contribution in [1.29, 1.82) is 5.41 Å². The molecule has 0 rings (SSSR count). The van der Waals surface area contributed by atoms with Gasteiger partial charge in [-0.2, -0.15) is 0 Å². The molecule has 3 nitrogen and oxygen atoms in total. The van der Waals surface area contributed by atoms with Crippen molar-refractivity contribution in [1.82, 2.24) is 5.32 Å². The standard InChI is InChI=1S/C8H16N2O/c1-4-5-7(9)8(11)10-6(2)3/h6,9H,4-5H2,1-3H3,(H,10,11). The van der Waals surface area contributed by atoms with Crippen molar-refractivity contribution < 1.29 is 4.79 Å². The van der Waals surface area contributed by atoms with E-state index in [9.17, 15) is 4.79 Å². The van der Waals surface area contributed by atoms with Crippen LogP contribution >= 0.6 is 0 Å². The minimum absolute atomic E-state index is 0.125. The van der Waals surface area contributed by atoms with Gasteiger partial charge in [0.1, 0.15) is 0 Å². The first-order valence-electron chi connectivity index (χ1n) is 3.96. The number of rotatable bonds is 4. The predicted octanol–water partition coefficient (Wildman–Crippen LogP) is 1.33. The van der Waals surface area contributed by atoms with Gasteiger partial charge in [0, 0.05) is 6.04 Å². The van der Waals surface area contributed by atoms with Crippen LogP contribution in [0.4, 0.5) is 0 Å². The fraction of sp³-hybridized carbons (Fsp3) is 0.750. The Hall–Kier alpha value is -0.860. The molecular weight excluding hydrogens is 140 g/mol. The van der Waals surface area contributed by atoms with Crippen LogP contribution in [0.15, 0.2) is 0 Å². The van der Waals surface area contributed by atoms with Crippen LogP contribution < -0.4 is 5.32 Å². The maximum atomic E-state index is 11.0. The van der Waals surface area contributed by atoms with Gasteiger partial charge in [-0.15, -0.1) is 0 Å². The topological polar surface area (TPSA) is 53.0 Å². The predicted molar refractivity (Wildman–Crippen MR) is 45.9 cm³/mol. The van der Waals surface area contributed by atoms with Crippen molar-refractivity contribution in [2.75, 3.05) is 0 Å². The molecule has 2 N–H and O–H groups in total. The maximum absolute atomic E-state index is 11.0. The lowest BCUT2D eigenvalue weighted by atomic mass is 10.2. The van der Waals surface area contributed by atoms with Gasteiger partial charge in [-0.05, 0) is 20.3 Å². The number of nitrogens with one attached hydrogen (secondary N) is 2. The molecule has 0 saturated carbocycles. The number of hydrogen-bond acceptors (Lipinski definition) is 2. The van der Waals surface area contributed by atoms with Gasteiger partial charge >= 0.3 is 0 Å². The largest absolute Gasteiger partial charge is 0.349 e. The lowest BCUT2D eigenvalue weighted by molar-refractivity contribution is -0.115. The first-order valence-corrected chi connectivity index (χ1v) is 3.96. The Morgan fingerprint density at radius 1 is 1.55 bits per heavy atom. The molecule has 3 heteroatoms. The molecule has 0 spiro atoms. The van der Waals surface area contributed by atoms with Crippen molar-refractivity contribution in [2.45, 2.75) is 39.7 Å². The number of amides is 1. The average molecular weight is 156 g/mol. The molecule has 0 unspecified atom stereocenters. The summed E-state index contributed by atoms with van der Waals surface area (Å²) in [5.41, 5.74) is 0.182. The van der Waals surface area contributed by atoms with Crippen LogP contribution in [0.5, 0.6) is 0 Å². The number of carbonyl (C=O) groups is 1. The second-order valence-corrected chi connectivity index (χ2v) is 2.86. The summed E-state index contributed by atoms with van der Waals surface area (Å²) < 4.78 is 0. The molecule has 0 fully saturated rings. The van der Waals surface area contributed by atoms with Crippen molar-refractivity contribution in [2.24, 2.45) is 0 Å². The Morgan fingerprint density at radius 2 is 2.09 bits per heavy atom. The smallest absolute Gasteiger partial charge is 0.265 e. The third-order valence-corrected chi connectivity index (χ3v) is 1.19. The van der Waals surface area contributed by atoms with Gasteiger partial charge in [0.2, 0.25) is 0 Å². The first-order chi connectivity index (χ1) is 5.07. The van der Waals surface area contributed by atoms with E-state index < -0.39 is 0 Å². The summed E-state index contributed by atoms with van der Waals surface area (Å²) in [7, 11) is 0. The van der Waals surface area contributed by atoms with E-state index in [4.69, 9.17) is 5.41 Å². The van der Waals surface area contributed by atoms with Gasteiger partial charge in [0.15, 0.2) is 0 Å². The monoisotopic (exact) mass is 156 g/mol. The highest BCUT2D eigenvalue weighted by Crippen LogP contribution is 1.90. The fourth-order valence-electron chi connectivity index (χ4n) is 0.713. The maximum Gasteiger partial charge on any atom is 0.265 e. The molecule has 1 amide bonds. The van der Waals surface area contributed by atoms with Gasteiger partial charge in [-0.3, -0.25) is 10.2 Å². The average Bonchev–Trinajstić information content (AvgIpc) is 1.86. The SMILES string of the molecule is CCCC(=N)C(=O)NC(C)C. The molecule has 0 aromatic carbocycles. The van der Waals surface area contributed by atoms with E-state index in [1.54, 1.807) is 0 Å². The Balaban J connectivity index is 3.74. The zero-order valence-electron chi connectivity index (χ0n) is 7.40. The normalized spacial score (nSPS) is 9.82. The Labute approximate surface area is 67.7 Å². The second kappa shape index (κ2) is 4.88. The lowest BCUT2D eigenvalue weighted by Crippen LogP contribution is -2.35. The lowest BCUT2D eigenvalue weighted by Gasteiger charge is -2.07. The summed E-state index contributed by atoms with van der Waals surface area (Å²) in [6.45, 7) is 5.73. The quantitative estimate of drug-likeness (QED) is 0.593. The van der Waals surface area contributed by atoms with Crippen molar-refractivity contribution in [3.8, 4) is 0 Å². The molecule has 0 aromatic rings. The third kappa shape index (κ3) is 4.53. The van der Waals surface area contributed by atoms with Crippen LogP contribution in [0.25, 0.3) is 0 Å². The highest BCUT2D eigenvalue weighted by atomic mass is 16.1. The summed E-state index contributed by atoms with van der Waals surface area (Å²) in [5, 5.41) is 9.94. The zero-order valence-corrected chi connectivity index (χ0v) is 7.40. The van der Waals surface area contributed by atoms with Gasteiger partial charge in [0.25, 0.3) is 5.91 Å². The molecule has 0 heterocycles. The van der Waals surface area contributed by atoms with E-state index in [-0.39, 0.29) is 17.7 Å². The van der Waals surface area contributed by atoms with Crippen LogP contribution in [0.2, 0.25) is 0 Å². The Bertz CT molecular complexity index is 152. The van der Waals surface area contributed by atoms with E-state index in [0.717, 1.165) is 6.42 Å². The molecule has 0 radical (unpaired) electrons. The molecule has 64 valence electrons. The van der Waals surface area contributed by atoms with Gasteiger partial charge in [0.05, 0.1) is 5.71 Å². The molecule has 0 aliphatic heterocycles. The van der Waals surface area contributed by atoms with Gasteiger partial charge in [-0.1, -0.05) is 13.3 Å². The van der Waals surface area contributed by atoms with Gasteiger partial charge in [-0.25, -0.2) is 0 Å². The molecule has 0 atom stereocenters. The summed E-state index contributed by atoms with van der Waals surface area (Å²) in [5.74, 6) is -0.234. The second-order valence-electron chi connectivity index (χ2n) is 2.86. The number of carbonyl (C=O) groups excluding carboxylic acids is 1. The van der Waals surface area contributed by atoms with Gasteiger partial charge < -0.3 is 5.32 Å². The van der Waals surface area contributed by atoms with Crippen LogP contribution in [-0.2, 0) is 4.79 Å². The summed E-state index contributed by atoms with van der Waals surface area (Å²) >= 11 is 0. The summed E-state index contributed by atoms with van der Waals surface area (Å²) in [6.07, 6.45) is 1.42. The van der Waals surface area contributed by atoms with E-state index >= 15 is 0 Å². The zero-order chi connectivity index (χ0) is 8.85. The third-order valence-electron chi connectivity index (χ3n) is 1.19. The molecule has 0 aliphatic rings. The molecule has 11 heavy (non-hydrogen) atoms. The molecule has 0 aliphatic carbocycles. The van der Waals surface area contributed by atoms with Crippen molar-refractivity contribution >= 4 is 11.6 Å². The molecular formula is C8H16N2O. The summed E-state index contributed by atoms with van der Waals surface area (Å²) in [4.78, 5) is 11.0. The number of hydrogen-bond donors (Lipinski definition) is 2. The Kier molecular flexibility index (Phi) is 4.50. The fourth-order valence-corrected chi connectivity index (χ4v) is 0.713. The van der Waals surface area contributed by atoms with E-state index in [2.05, 4.69) is 5.32 Å². The molecule has 0 bridgehead atoms. The minimum atomic E-state index is -0.234. The highest BCUT2D eigenvalue weighted by molar-refractivity contribution is 6.37. The van der Waals surface area contributed by atoms with Crippen LogP contribution in [0.1, 0.15) is 33.6 Å². The van der Waals surface area contributed by atoms with Crippen LogP contribution in [0.3, 0.4) is 0 Å². The van der Waals surface area contributed by atoms with E-state index in [1.165, 1.54) is 0 Å². The minimum Gasteiger partial charge on any atom is -0.349 e. The van der Waals surface area contributed by atoms with Crippen molar-refractivity contribution in [3.05, 3.63) is 0 Å². The molecule has 0 aromatic heterocycles. The molecule has 0 saturated heterocycles. The van der Waals surface area contributed by atoms with Crippen molar-refractivity contribution in [3.63, 3.8) is 0 Å². The van der Waals surface area contributed by atoms with E-state index in [1.807, 2.05) is 20.8 Å². The Morgan fingerprint density at radius 3 is 2.45 bits per heavy atom. The highest BCUT2D eigenvalue weighted by Gasteiger charge is 2.07.